The second kappa shape index (κ2) is 24.0. The number of rotatable bonds is 11. The third kappa shape index (κ3) is 11.1. The van der Waals surface area contributed by atoms with Gasteiger partial charge in [0.15, 0.2) is 17.3 Å². The van der Waals surface area contributed by atoms with E-state index in [0.29, 0.717) is 62.6 Å². The van der Waals surface area contributed by atoms with Crippen LogP contribution in [0.15, 0.2) is 152 Å². The first-order chi connectivity index (χ1) is 41.8. The fraction of sp³-hybridized carbons (Fsp3) is 0.222. The maximum atomic E-state index is 13.5. The quantitative estimate of drug-likeness (QED) is 0.104. The van der Waals surface area contributed by atoms with Gasteiger partial charge in [-0.1, -0.05) is 86.3 Å². The predicted octanol–water partition coefficient (Wildman–Crippen LogP) is 12.9. The molecule has 0 saturated carbocycles. The Balaban J connectivity index is 0.000000135. The van der Waals surface area contributed by atoms with Crippen molar-refractivity contribution in [3.05, 3.63) is 213 Å². The van der Waals surface area contributed by atoms with Gasteiger partial charge >= 0.3 is 11.9 Å². The number of anilines is 1. The number of Topliss-reactive ketones (excluding diaryl/α,β-unsaturated/α-hetero) is 1. The number of nitrogens with zero attached hydrogens (tertiary/aromatic N) is 3. The SMILES string of the molecule is COc1cc2c(cc1OC)C1C(=O)c3ccc4c(c3OC1CO2)CC(C(C)C)O4.Cc1cc(C=Cc2ccc3cc(N(C)C)ccc3[n+]2C)c(C)n1-c1ccccc1.O=C(O)c1cc2ccccc2c(Cc2c(O)c(C(=O)O)cc3ccccc23)c1[O-]. The Morgan fingerprint density at radius 2 is 1.40 bits per heavy atom. The first kappa shape index (κ1) is 58.5. The Labute approximate surface area is 504 Å². The van der Waals surface area contributed by atoms with Crippen LogP contribution in [0.3, 0.4) is 0 Å². The van der Waals surface area contributed by atoms with Gasteiger partial charge in [0.1, 0.15) is 54.4 Å². The average molecular weight is 1170 g/mol. The summed E-state index contributed by atoms with van der Waals surface area (Å²) in [5, 5.41) is 46.1. The summed E-state index contributed by atoms with van der Waals surface area (Å²) in [5.41, 5.74) is 10.8. The van der Waals surface area contributed by atoms with Gasteiger partial charge in [0.25, 0.3) is 0 Å². The summed E-state index contributed by atoms with van der Waals surface area (Å²) in [7, 11) is 9.43. The lowest BCUT2D eigenvalue weighted by Crippen LogP contribution is -2.43. The van der Waals surface area contributed by atoms with Gasteiger partial charge in [-0.3, -0.25) is 4.79 Å². The number of para-hydroxylation sites is 1. The molecule has 15 nitrogen and oxygen atoms in total. The van der Waals surface area contributed by atoms with Crippen molar-refractivity contribution in [3.63, 3.8) is 0 Å². The van der Waals surface area contributed by atoms with Crippen LogP contribution in [0.25, 0.3) is 50.3 Å². The summed E-state index contributed by atoms with van der Waals surface area (Å²) in [6.07, 6.45) is 4.79. The molecule has 15 heteroatoms. The average Bonchev–Trinajstić information content (AvgIpc) is 2.10. The molecule has 0 radical (unpaired) electrons. The van der Waals surface area contributed by atoms with Gasteiger partial charge in [-0.15, -0.1) is 0 Å². The molecule has 3 atom stereocenters. The van der Waals surface area contributed by atoms with Crippen molar-refractivity contribution >= 4 is 68.0 Å². The first-order valence-corrected chi connectivity index (χ1v) is 28.7. The Bertz CT molecular complexity index is 4290. The van der Waals surface area contributed by atoms with Crippen LogP contribution >= 0.6 is 0 Å². The minimum absolute atomic E-state index is 0.0452. The van der Waals surface area contributed by atoms with Crippen LogP contribution in [-0.4, -0.2) is 84.7 Å². The molecule has 0 saturated heterocycles. The number of ketones is 1. The summed E-state index contributed by atoms with van der Waals surface area (Å²) in [6, 6.07) is 47.6. The molecule has 0 amide bonds. The molecule has 5 heterocycles. The summed E-state index contributed by atoms with van der Waals surface area (Å²) < 4.78 is 33.7. The molecule has 8 aromatic carbocycles. The number of methoxy groups -OCH3 is 2. The smallest absolute Gasteiger partial charge is 0.339 e. The first-order valence-electron chi connectivity index (χ1n) is 28.7. The highest BCUT2D eigenvalue weighted by molar-refractivity contribution is 6.06. The molecule has 10 aromatic rings. The molecule has 0 aliphatic carbocycles. The van der Waals surface area contributed by atoms with Crippen LogP contribution in [0, 0.1) is 19.8 Å². The number of aromatic carboxylic acids is 2. The lowest BCUT2D eigenvalue weighted by molar-refractivity contribution is -0.646. The Morgan fingerprint density at radius 3 is 2.07 bits per heavy atom. The standard InChI is InChI=1S/C26H28N3.C23H24O6.C23H16O6/c1-19-17-21(20(2)29(19)24-9-7-6-8-10-24)11-13-23-14-12-22-18-25(27(3)4)15-16-26(22)28(23)5;1-11(2)16-8-14-15(28-16)6-5-12-22(24)21-13-7-18(25-3)19(26-4)9-17(13)27-10-20(21)29-23(12)14;24-20-16(14-7-3-1-5-12(14)9-18(20)22(26)27)11-17-15-8-4-2-6-13(15)10-19(21(17)25)23(28)29/h6-18H,1-5H3;5-7,9,11,16,20-21H,8,10H2,1-4H3;1-10,24-25H,11H2,(H,26,27)(H,28,29)/q+1;;/p-1. The largest absolute Gasteiger partial charge is 0.872 e. The predicted molar refractivity (Wildman–Crippen MR) is 335 cm³/mol. The monoisotopic (exact) mass is 1170 g/mol. The number of pyridine rings is 1. The highest BCUT2D eigenvalue weighted by Gasteiger charge is 2.46. The number of carbonyl (C=O) groups is 3. The molecule has 3 aliphatic heterocycles. The van der Waals surface area contributed by atoms with Gasteiger partial charge in [0, 0.05) is 96.1 Å². The normalized spacial score (nSPS) is 15.4. The third-order valence-electron chi connectivity index (χ3n) is 16.8. The minimum atomic E-state index is -1.34. The summed E-state index contributed by atoms with van der Waals surface area (Å²) in [6.45, 7) is 8.92. The highest BCUT2D eigenvalue weighted by Crippen LogP contribution is 2.50. The van der Waals surface area contributed by atoms with E-state index in [-0.39, 0.29) is 46.7 Å². The van der Waals surface area contributed by atoms with E-state index in [1.54, 1.807) is 68.8 Å². The van der Waals surface area contributed by atoms with E-state index < -0.39 is 29.4 Å². The molecule has 0 fully saturated rings. The van der Waals surface area contributed by atoms with Crippen molar-refractivity contribution < 1.29 is 63.1 Å². The number of hydrogen-bond donors (Lipinski definition) is 3. The van der Waals surface area contributed by atoms with Crippen molar-refractivity contribution in [2.75, 3.05) is 39.8 Å². The lowest BCUT2D eigenvalue weighted by Gasteiger charge is -2.37. The van der Waals surface area contributed by atoms with Crippen molar-refractivity contribution in [2.24, 2.45) is 13.0 Å². The van der Waals surface area contributed by atoms with E-state index in [1.807, 2.05) is 18.2 Å². The Morgan fingerprint density at radius 1 is 0.747 bits per heavy atom. The zero-order valence-corrected chi connectivity index (χ0v) is 49.9. The molecule has 3 N–H and O–H groups in total. The number of hydrogen-bond acceptors (Lipinski definition) is 11. The number of benzene rings is 8. The molecule has 3 aliphatic rings. The van der Waals surface area contributed by atoms with E-state index in [0.717, 1.165) is 23.3 Å². The molecule has 442 valence electrons. The van der Waals surface area contributed by atoms with Crippen LogP contribution in [0.1, 0.15) is 95.7 Å². The van der Waals surface area contributed by atoms with Crippen LogP contribution in [0.4, 0.5) is 5.69 Å². The zero-order valence-electron chi connectivity index (χ0n) is 49.9. The number of ether oxygens (including phenoxy) is 5. The number of carboxylic acid groups (broad SMARTS) is 2. The minimum Gasteiger partial charge on any atom is -0.872 e. The molecule has 2 aromatic heterocycles. The van der Waals surface area contributed by atoms with Crippen LogP contribution in [0.2, 0.25) is 0 Å². The number of aromatic nitrogens is 2. The van der Waals surface area contributed by atoms with Gasteiger partial charge in [-0.25, -0.2) is 9.59 Å². The molecular formula is C72H67N3O12. The number of carboxylic acids is 2. The van der Waals surface area contributed by atoms with Gasteiger partial charge in [-0.2, -0.15) is 4.57 Å². The summed E-state index contributed by atoms with van der Waals surface area (Å²) in [5.74, 6) is -0.471. The van der Waals surface area contributed by atoms with Crippen LogP contribution in [0.5, 0.6) is 40.2 Å². The fourth-order valence-corrected chi connectivity index (χ4v) is 12.1. The van der Waals surface area contributed by atoms with Crippen molar-refractivity contribution in [1.29, 1.82) is 0 Å². The van der Waals surface area contributed by atoms with Crippen LogP contribution in [-0.2, 0) is 19.9 Å². The fourth-order valence-electron chi connectivity index (χ4n) is 12.1. The van der Waals surface area contributed by atoms with E-state index in [1.165, 1.54) is 57.1 Å². The summed E-state index contributed by atoms with van der Waals surface area (Å²) in [4.78, 5) is 38.8. The van der Waals surface area contributed by atoms with E-state index in [9.17, 15) is 34.8 Å². The number of phenols is 1. The second-order valence-electron chi connectivity index (χ2n) is 22.6. The maximum Gasteiger partial charge on any atom is 0.339 e. The Hall–Kier alpha value is -10.3. The Kier molecular flexibility index (Phi) is 16.1. The molecule has 87 heavy (non-hydrogen) atoms. The number of fused-ring (bicyclic) bond motifs is 9. The van der Waals surface area contributed by atoms with Gasteiger partial charge in [0.05, 0.1) is 31.3 Å². The number of aryl methyl sites for hydroxylation is 2. The van der Waals surface area contributed by atoms with E-state index >= 15 is 0 Å². The van der Waals surface area contributed by atoms with Crippen molar-refractivity contribution in [1.82, 2.24) is 4.57 Å². The second-order valence-corrected chi connectivity index (χ2v) is 22.6. The van der Waals surface area contributed by atoms with Gasteiger partial charge in [0.2, 0.25) is 11.2 Å². The van der Waals surface area contributed by atoms with E-state index in [2.05, 4.69) is 142 Å². The zero-order chi connectivity index (χ0) is 61.5. The van der Waals surface area contributed by atoms with Gasteiger partial charge < -0.3 is 53.6 Å². The molecule has 3 unspecified atom stereocenters. The number of aromatic hydroxyl groups is 1. The molecule has 0 spiro atoms. The molecule has 13 rings (SSSR count). The maximum absolute atomic E-state index is 13.5. The van der Waals surface area contributed by atoms with Crippen molar-refractivity contribution in [2.45, 2.75) is 58.7 Å². The summed E-state index contributed by atoms with van der Waals surface area (Å²) >= 11 is 0. The lowest BCUT2D eigenvalue weighted by atomic mass is 9.81. The third-order valence-corrected chi connectivity index (χ3v) is 16.8. The number of carbonyl (C=O) groups excluding carboxylic acids is 1. The molecule has 0 bridgehead atoms. The topological polar surface area (TPSA) is 193 Å². The molecular weight excluding hydrogens is 1100 g/mol. The van der Waals surface area contributed by atoms with Crippen LogP contribution < -0.4 is 38.3 Å². The van der Waals surface area contributed by atoms with Gasteiger partial charge in [-0.05, 0) is 125 Å². The van der Waals surface area contributed by atoms with E-state index in [4.69, 9.17) is 23.7 Å². The highest BCUT2D eigenvalue weighted by atomic mass is 16.5. The van der Waals surface area contributed by atoms with Crippen molar-refractivity contribution in [3.8, 4) is 45.9 Å².